The predicted octanol–water partition coefficient (Wildman–Crippen LogP) is 3.98. The molecule has 1 unspecified atom stereocenters. The first-order chi connectivity index (χ1) is 11.5. The summed E-state index contributed by atoms with van der Waals surface area (Å²) in [4.78, 5) is 15.7. The first-order valence-corrected chi connectivity index (χ1v) is 9.65. The molecule has 128 valence electrons. The molecule has 1 heterocycles. The number of aliphatic hydroxyl groups excluding tert-OH is 1. The van der Waals surface area contributed by atoms with E-state index in [0.29, 0.717) is 18.9 Å². The summed E-state index contributed by atoms with van der Waals surface area (Å²) >= 11 is 0. The quantitative estimate of drug-likeness (QED) is 0.848. The first kappa shape index (κ1) is 14.9. The maximum Gasteiger partial charge on any atom is 0.233 e. The molecule has 1 aliphatic heterocycles. The molecule has 4 saturated carbocycles. The van der Waals surface area contributed by atoms with E-state index in [1.807, 2.05) is 17.9 Å². The summed E-state index contributed by atoms with van der Waals surface area (Å²) in [6.07, 6.45) is 7.65. The second-order valence-corrected chi connectivity index (χ2v) is 9.02. The summed E-state index contributed by atoms with van der Waals surface area (Å²) in [5.41, 5.74) is 2.95. The minimum Gasteiger partial charge on any atom is -0.388 e. The Morgan fingerprint density at radius 1 is 1.12 bits per heavy atom. The van der Waals surface area contributed by atoms with Crippen LogP contribution in [-0.2, 0) is 4.79 Å². The van der Waals surface area contributed by atoms with Crippen molar-refractivity contribution in [2.75, 3.05) is 11.4 Å². The Morgan fingerprint density at radius 2 is 1.75 bits per heavy atom. The normalized spacial score (nSPS) is 39.8. The molecule has 4 bridgehead atoms. The molecule has 1 aromatic carbocycles. The van der Waals surface area contributed by atoms with Gasteiger partial charge in [0.2, 0.25) is 5.91 Å². The SMILES string of the molecule is Cc1ccc2c(c1)C(O)CCN2C(=O)C12CC3CC(CC(C3)C1)C2. The van der Waals surface area contributed by atoms with Gasteiger partial charge in [-0.25, -0.2) is 0 Å². The molecule has 4 fully saturated rings. The molecule has 3 nitrogen and oxygen atoms in total. The molecule has 3 heteroatoms. The van der Waals surface area contributed by atoms with Gasteiger partial charge in [0.25, 0.3) is 0 Å². The summed E-state index contributed by atoms with van der Waals surface area (Å²) in [6, 6.07) is 6.17. The van der Waals surface area contributed by atoms with Crippen molar-refractivity contribution in [3.63, 3.8) is 0 Å². The second-order valence-electron chi connectivity index (χ2n) is 9.02. The lowest BCUT2D eigenvalue weighted by atomic mass is 9.49. The van der Waals surface area contributed by atoms with E-state index < -0.39 is 6.10 Å². The number of anilines is 1. The number of hydrogen-bond acceptors (Lipinski definition) is 2. The molecule has 4 aliphatic carbocycles. The van der Waals surface area contributed by atoms with Gasteiger partial charge >= 0.3 is 0 Å². The average Bonchev–Trinajstić information content (AvgIpc) is 2.54. The smallest absolute Gasteiger partial charge is 0.233 e. The molecule has 0 spiro atoms. The molecule has 1 amide bonds. The number of fused-ring (bicyclic) bond motifs is 1. The van der Waals surface area contributed by atoms with E-state index in [0.717, 1.165) is 53.8 Å². The molecule has 0 aromatic heterocycles. The minimum absolute atomic E-state index is 0.0980. The molecular weight excluding hydrogens is 298 g/mol. The zero-order valence-corrected chi connectivity index (χ0v) is 14.5. The van der Waals surface area contributed by atoms with Gasteiger partial charge in [-0.2, -0.15) is 0 Å². The molecule has 5 aliphatic rings. The van der Waals surface area contributed by atoms with Gasteiger partial charge in [-0.3, -0.25) is 4.79 Å². The number of hydrogen-bond donors (Lipinski definition) is 1. The van der Waals surface area contributed by atoms with Crippen molar-refractivity contribution >= 4 is 11.6 Å². The highest BCUT2D eigenvalue weighted by Gasteiger charge is 2.56. The van der Waals surface area contributed by atoms with Crippen molar-refractivity contribution < 1.29 is 9.90 Å². The number of benzene rings is 1. The number of carbonyl (C=O) groups excluding carboxylic acids is 1. The molecule has 24 heavy (non-hydrogen) atoms. The highest BCUT2D eigenvalue weighted by atomic mass is 16.3. The largest absolute Gasteiger partial charge is 0.388 e. The minimum atomic E-state index is -0.430. The number of aryl methyl sites for hydroxylation is 1. The van der Waals surface area contributed by atoms with Crippen LogP contribution in [0.4, 0.5) is 5.69 Å². The van der Waals surface area contributed by atoms with E-state index in [2.05, 4.69) is 12.1 Å². The highest BCUT2D eigenvalue weighted by molar-refractivity contribution is 5.99. The lowest BCUT2D eigenvalue weighted by molar-refractivity contribution is -0.143. The first-order valence-electron chi connectivity index (χ1n) is 9.65. The van der Waals surface area contributed by atoms with Crippen LogP contribution in [0.15, 0.2) is 18.2 Å². The molecule has 1 atom stereocenters. The van der Waals surface area contributed by atoms with Crippen molar-refractivity contribution in [2.24, 2.45) is 23.2 Å². The average molecular weight is 325 g/mol. The zero-order chi connectivity index (χ0) is 16.5. The Morgan fingerprint density at radius 3 is 2.38 bits per heavy atom. The van der Waals surface area contributed by atoms with Gasteiger partial charge in [0.15, 0.2) is 0 Å². The van der Waals surface area contributed by atoms with Crippen molar-refractivity contribution in [2.45, 2.75) is 58.0 Å². The Bertz CT molecular complexity index is 660. The predicted molar refractivity (Wildman–Crippen MR) is 93.7 cm³/mol. The van der Waals surface area contributed by atoms with Crippen molar-refractivity contribution in [1.82, 2.24) is 0 Å². The van der Waals surface area contributed by atoms with Crippen LogP contribution in [0.5, 0.6) is 0 Å². The summed E-state index contributed by atoms with van der Waals surface area (Å²) < 4.78 is 0. The Balaban J connectivity index is 1.51. The van der Waals surface area contributed by atoms with Crippen LogP contribution in [0.1, 0.15) is 62.2 Å². The van der Waals surface area contributed by atoms with E-state index in [4.69, 9.17) is 0 Å². The molecule has 0 radical (unpaired) electrons. The molecular formula is C21H27NO2. The fourth-order valence-electron chi connectivity index (χ4n) is 6.58. The highest BCUT2D eigenvalue weighted by Crippen LogP contribution is 2.61. The van der Waals surface area contributed by atoms with Crippen molar-refractivity contribution in [1.29, 1.82) is 0 Å². The lowest BCUT2D eigenvalue weighted by Crippen LogP contribution is -2.55. The third-order valence-corrected chi connectivity index (χ3v) is 7.20. The Hall–Kier alpha value is -1.35. The van der Waals surface area contributed by atoms with Crippen molar-refractivity contribution in [3.05, 3.63) is 29.3 Å². The number of rotatable bonds is 1. The fourth-order valence-corrected chi connectivity index (χ4v) is 6.58. The standard InChI is InChI=1S/C21H27NO2/c1-13-2-3-18-17(6-13)19(23)4-5-22(18)20(24)21-10-14-7-15(11-21)9-16(8-14)12-21/h2-3,6,14-16,19,23H,4-5,7-12H2,1H3. The van der Waals surface area contributed by atoms with Crippen molar-refractivity contribution in [3.8, 4) is 0 Å². The van der Waals surface area contributed by atoms with Crippen LogP contribution < -0.4 is 4.90 Å². The monoisotopic (exact) mass is 325 g/mol. The topological polar surface area (TPSA) is 40.5 Å². The van der Waals surface area contributed by atoms with Gasteiger partial charge in [0, 0.05) is 17.8 Å². The third-order valence-electron chi connectivity index (χ3n) is 7.20. The fraction of sp³-hybridized carbons (Fsp3) is 0.667. The van der Waals surface area contributed by atoms with Gasteiger partial charge in [0.1, 0.15) is 0 Å². The molecule has 1 aromatic rings. The number of aliphatic hydroxyl groups is 1. The van der Waals surface area contributed by atoms with E-state index in [-0.39, 0.29) is 5.41 Å². The van der Waals surface area contributed by atoms with E-state index in [1.165, 1.54) is 19.3 Å². The third kappa shape index (κ3) is 2.10. The molecule has 6 rings (SSSR count). The Kier molecular flexibility index (Phi) is 3.16. The van der Waals surface area contributed by atoms with Gasteiger partial charge < -0.3 is 10.0 Å². The maximum absolute atomic E-state index is 13.7. The second kappa shape index (κ2) is 5.08. The van der Waals surface area contributed by atoms with Crippen LogP contribution >= 0.6 is 0 Å². The number of amides is 1. The summed E-state index contributed by atoms with van der Waals surface area (Å²) in [5.74, 6) is 2.72. The summed E-state index contributed by atoms with van der Waals surface area (Å²) in [7, 11) is 0. The van der Waals surface area contributed by atoms with Gasteiger partial charge in [-0.05, 0) is 75.7 Å². The summed E-state index contributed by atoms with van der Waals surface area (Å²) in [6.45, 7) is 2.71. The van der Waals surface area contributed by atoms with Gasteiger partial charge in [0.05, 0.1) is 11.5 Å². The zero-order valence-electron chi connectivity index (χ0n) is 14.5. The summed E-state index contributed by atoms with van der Waals surface area (Å²) in [5, 5.41) is 10.4. The van der Waals surface area contributed by atoms with Crippen LogP contribution in [0.25, 0.3) is 0 Å². The maximum atomic E-state index is 13.7. The Labute approximate surface area is 144 Å². The number of nitrogens with zero attached hydrogens (tertiary/aromatic N) is 1. The van der Waals surface area contributed by atoms with Crippen LogP contribution in [0.2, 0.25) is 0 Å². The van der Waals surface area contributed by atoms with Gasteiger partial charge in [-0.1, -0.05) is 17.7 Å². The van der Waals surface area contributed by atoms with Gasteiger partial charge in [-0.15, -0.1) is 0 Å². The van der Waals surface area contributed by atoms with E-state index in [1.54, 1.807) is 0 Å². The van der Waals surface area contributed by atoms with Crippen LogP contribution in [0.3, 0.4) is 0 Å². The van der Waals surface area contributed by atoms with Crippen LogP contribution in [-0.4, -0.2) is 17.6 Å². The van der Waals surface area contributed by atoms with E-state index in [9.17, 15) is 9.90 Å². The van der Waals surface area contributed by atoms with E-state index >= 15 is 0 Å². The number of carbonyl (C=O) groups is 1. The molecule has 1 N–H and O–H groups in total. The lowest BCUT2D eigenvalue weighted by Gasteiger charge is -2.57. The molecule has 0 saturated heterocycles. The van der Waals surface area contributed by atoms with Crippen LogP contribution in [0, 0.1) is 30.1 Å².